The van der Waals surface area contributed by atoms with E-state index in [4.69, 9.17) is 12.2 Å². The molecule has 3 aromatic rings. The lowest BCUT2D eigenvalue weighted by atomic mass is 10.2. The number of halogens is 1. The molecule has 4 nitrogen and oxygen atoms in total. The van der Waals surface area contributed by atoms with E-state index in [1.807, 2.05) is 18.2 Å². The number of nitrogens with zero attached hydrogens (tertiary/aromatic N) is 3. The molecule has 6 heteroatoms. The van der Waals surface area contributed by atoms with E-state index in [0.29, 0.717) is 27.5 Å². The Bertz CT molecular complexity index is 808. The van der Waals surface area contributed by atoms with Crippen molar-refractivity contribution in [2.75, 3.05) is 0 Å². The molecular formula is C14H11FN4S. The highest BCUT2D eigenvalue weighted by Gasteiger charge is 2.14. The van der Waals surface area contributed by atoms with Gasteiger partial charge in [0.15, 0.2) is 10.6 Å². The predicted molar refractivity (Wildman–Crippen MR) is 76.7 cm³/mol. The zero-order chi connectivity index (χ0) is 14.1. The summed E-state index contributed by atoms with van der Waals surface area (Å²) in [6.07, 6.45) is 1.68. The third kappa shape index (κ3) is 2.04. The third-order valence-electron chi connectivity index (χ3n) is 3.05. The van der Waals surface area contributed by atoms with Crippen molar-refractivity contribution >= 4 is 12.2 Å². The molecule has 0 aliphatic heterocycles. The summed E-state index contributed by atoms with van der Waals surface area (Å²) < 4.78 is 15.8. The van der Waals surface area contributed by atoms with Crippen molar-refractivity contribution in [3.63, 3.8) is 0 Å². The second-order valence-corrected chi connectivity index (χ2v) is 4.67. The number of aromatic nitrogens is 4. The van der Waals surface area contributed by atoms with Crippen molar-refractivity contribution < 1.29 is 4.39 Å². The van der Waals surface area contributed by atoms with Crippen LogP contribution in [0.5, 0.6) is 0 Å². The lowest BCUT2D eigenvalue weighted by molar-refractivity contribution is 0.617. The van der Waals surface area contributed by atoms with Gasteiger partial charge in [0.05, 0.1) is 5.69 Å². The highest BCUT2D eigenvalue weighted by molar-refractivity contribution is 7.71. The fourth-order valence-corrected chi connectivity index (χ4v) is 2.26. The molecule has 0 atom stereocenters. The summed E-state index contributed by atoms with van der Waals surface area (Å²) in [5.74, 6) is 0.280. The van der Waals surface area contributed by atoms with Crippen LogP contribution in [-0.4, -0.2) is 19.7 Å². The van der Waals surface area contributed by atoms with Crippen LogP contribution in [0.15, 0.2) is 42.6 Å². The molecule has 0 saturated heterocycles. The minimum absolute atomic E-state index is 0.280. The van der Waals surface area contributed by atoms with Crippen LogP contribution in [0.2, 0.25) is 0 Å². The van der Waals surface area contributed by atoms with E-state index in [1.54, 1.807) is 29.8 Å². The Kier molecular flexibility index (Phi) is 3.15. The minimum Gasteiger partial charge on any atom is -0.266 e. The van der Waals surface area contributed by atoms with Crippen LogP contribution in [0.4, 0.5) is 4.39 Å². The Morgan fingerprint density at radius 1 is 1.20 bits per heavy atom. The topological polar surface area (TPSA) is 46.5 Å². The summed E-state index contributed by atoms with van der Waals surface area (Å²) in [5, 5.41) is 6.93. The average Bonchev–Trinajstić information content (AvgIpc) is 2.85. The molecule has 2 heterocycles. The van der Waals surface area contributed by atoms with E-state index in [1.165, 1.54) is 6.07 Å². The number of benzene rings is 1. The molecule has 20 heavy (non-hydrogen) atoms. The standard InChI is InChI=1S/C14H11FN4S/c1-9-10(15)5-4-7-12(9)19-13(17-18-14(19)20)11-6-2-3-8-16-11/h2-8H,1H3,(H,18,20). The lowest BCUT2D eigenvalue weighted by Gasteiger charge is -2.10. The van der Waals surface area contributed by atoms with Crippen LogP contribution in [0, 0.1) is 17.5 Å². The molecule has 0 spiro atoms. The molecule has 0 aliphatic carbocycles. The van der Waals surface area contributed by atoms with E-state index >= 15 is 0 Å². The van der Waals surface area contributed by atoms with Gasteiger partial charge in [-0.05, 0) is 43.4 Å². The Morgan fingerprint density at radius 2 is 2.05 bits per heavy atom. The molecule has 1 N–H and O–H groups in total. The van der Waals surface area contributed by atoms with Crippen LogP contribution in [-0.2, 0) is 0 Å². The number of rotatable bonds is 2. The molecule has 0 fully saturated rings. The van der Waals surface area contributed by atoms with E-state index < -0.39 is 0 Å². The molecule has 0 aliphatic rings. The number of pyridine rings is 1. The Morgan fingerprint density at radius 3 is 2.80 bits per heavy atom. The zero-order valence-electron chi connectivity index (χ0n) is 10.7. The van der Waals surface area contributed by atoms with Crippen LogP contribution >= 0.6 is 12.2 Å². The largest absolute Gasteiger partial charge is 0.266 e. The second kappa shape index (κ2) is 4.97. The number of H-pyrrole nitrogens is 1. The van der Waals surface area contributed by atoms with E-state index in [9.17, 15) is 4.39 Å². The van der Waals surface area contributed by atoms with E-state index in [-0.39, 0.29) is 5.82 Å². The van der Waals surface area contributed by atoms with Crippen molar-refractivity contribution in [1.82, 2.24) is 19.7 Å². The highest BCUT2D eigenvalue weighted by Crippen LogP contribution is 2.23. The maximum atomic E-state index is 13.7. The first-order valence-corrected chi connectivity index (χ1v) is 6.43. The van der Waals surface area contributed by atoms with Crippen molar-refractivity contribution in [2.24, 2.45) is 0 Å². The zero-order valence-corrected chi connectivity index (χ0v) is 11.5. The Balaban J connectivity index is 2.28. The Hall–Kier alpha value is -2.34. The first-order chi connectivity index (χ1) is 9.68. The number of hydrogen-bond acceptors (Lipinski definition) is 3. The van der Waals surface area contributed by atoms with Gasteiger partial charge in [0, 0.05) is 11.8 Å². The normalized spacial score (nSPS) is 10.7. The maximum absolute atomic E-state index is 13.7. The maximum Gasteiger partial charge on any atom is 0.200 e. The van der Waals surface area contributed by atoms with Gasteiger partial charge in [0.1, 0.15) is 11.5 Å². The van der Waals surface area contributed by atoms with Gasteiger partial charge in [-0.2, -0.15) is 5.10 Å². The number of nitrogens with one attached hydrogen (secondary N) is 1. The number of hydrogen-bond donors (Lipinski definition) is 1. The fourth-order valence-electron chi connectivity index (χ4n) is 2.03. The van der Waals surface area contributed by atoms with Crippen LogP contribution in [0.3, 0.4) is 0 Å². The quantitative estimate of drug-likeness (QED) is 0.734. The molecule has 0 unspecified atom stereocenters. The van der Waals surface area contributed by atoms with Gasteiger partial charge in [0.2, 0.25) is 0 Å². The second-order valence-electron chi connectivity index (χ2n) is 4.29. The first-order valence-electron chi connectivity index (χ1n) is 6.03. The molecule has 100 valence electrons. The third-order valence-corrected chi connectivity index (χ3v) is 3.32. The first kappa shape index (κ1) is 12.7. The summed E-state index contributed by atoms with van der Waals surface area (Å²) in [7, 11) is 0. The summed E-state index contributed by atoms with van der Waals surface area (Å²) in [6, 6.07) is 10.4. The van der Waals surface area contributed by atoms with E-state index in [2.05, 4.69) is 15.2 Å². The Labute approximate surface area is 119 Å². The average molecular weight is 286 g/mol. The SMILES string of the molecule is Cc1c(F)cccc1-n1c(-c2ccccn2)n[nH]c1=S. The molecule has 1 aromatic carbocycles. The van der Waals surface area contributed by atoms with Gasteiger partial charge < -0.3 is 0 Å². The molecule has 0 amide bonds. The fraction of sp³-hybridized carbons (Fsp3) is 0.0714. The predicted octanol–water partition coefficient (Wildman–Crippen LogP) is 3.44. The molecular weight excluding hydrogens is 275 g/mol. The van der Waals surface area contributed by atoms with Gasteiger partial charge in [-0.15, -0.1) is 0 Å². The number of aromatic amines is 1. The minimum atomic E-state index is -0.280. The molecule has 3 rings (SSSR count). The van der Waals surface area contributed by atoms with Crippen LogP contribution < -0.4 is 0 Å². The van der Waals surface area contributed by atoms with Crippen molar-refractivity contribution in [3.8, 4) is 17.2 Å². The van der Waals surface area contributed by atoms with E-state index in [0.717, 1.165) is 0 Å². The molecule has 0 saturated carbocycles. The lowest BCUT2D eigenvalue weighted by Crippen LogP contribution is -2.02. The van der Waals surface area contributed by atoms with Gasteiger partial charge in [-0.25, -0.2) is 4.39 Å². The monoisotopic (exact) mass is 286 g/mol. The molecule has 2 aromatic heterocycles. The van der Waals surface area contributed by atoms with Gasteiger partial charge >= 0.3 is 0 Å². The van der Waals surface area contributed by atoms with Gasteiger partial charge in [0.25, 0.3) is 0 Å². The summed E-state index contributed by atoms with van der Waals surface area (Å²) >= 11 is 5.25. The summed E-state index contributed by atoms with van der Waals surface area (Å²) in [6.45, 7) is 1.71. The molecule has 0 radical (unpaired) electrons. The van der Waals surface area contributed by atoms with Gasteiger partial charge in [-0.3, -0.25) is 14.6 Å². The summed E-state index contributed by atoms with van der Waals surface area (Å²) in [4.78, 5) is 4.26. The van der Waals surface area contributed by atoms with Gasteiger partial charge in [-0.1, -0.05) is 12.1 Å². The summed E-state index contributed by atoms with van der Waals surface area (Å²) in [5.41, 5.74) is 1.84. The van der Waals surface area contributed by atoms with Crippen molar-refractivity contribution in [2.45, 2.75) is 6.92 Å². The van der Waals surface area contributed by atoms with Crippen molar-refractivity contribution in [1.29, 1.82) is 0 Å². The highest BCUT2D eigenvalue weighted by atomic mass is 32.1. The van der Waals surface area contributed by atoms with Crippen LogP contribution in [0.25, 0.3) is 17.2 Å². The van der Waals surface area contributed by atoms with Crippen LogP contribution in [0.1, 0.15) is 5.56 Å². The molecule has 0 bridgehead atoms. The smallest absolute Gasteiger partial charge is 0.200 e. The van der Waals surface area contributed by atoms with Crippen molar-refractivity contribution in [3.05, 3.63) is 58.7 Å².